The minimum atomic E-state index is 0. The summed E-state index contributed by atoms with van der Waals surface area (Å²) in [5, 5.41) is 7.03. The molecule has 2 N–H and O–H groups in total. The standard InChI is InChI=1S/C18H38N4O.HI/c1-16(2)8-5-6-11-20-18(19-3)21-17-9-13-22(14-10-17)12-7-15-23-4;/h16-17H,5-15H2,1-4H3,(H2,19,20,21);1H. The van der Waals surface area contributed by atoms with E-state index in [1.807, 2.05) is 7.05 Å². The smallest absolute Gasteiger partial charge is 0.191 e. The third-order valence-corrected chi connectivity index (χ3v) is 4.48. The van der Waals surface area contributed by atoms with E-state index in [-0.39, 0.29) is 24.0 Å². The van der Waals surface area contributed by atoms with Gasteiger partial charge >= 0.3 is 0 Å². The van der Waals surface area contributed by atoms with Crippen LogP contribution in [0.4, 0.5) is 0 Å². The number of hydrogen-bond donors (Lipinski definition) is 2. The number of nitrogens with one attached hydrogen (secondary N) is 2. The van der Waals surface area contributed by atoms with Crippen molar-refractivity contribution in [2.45, 2.75) is 58.4 Å². The molecule has 5 nitrogen and oxygen atoms in total. The normalized spacial score (nSPS) is 17.0. The van der Waals surface area contributed by atoms with Gasteiger partial charge in [0.15, 0.2) is 5.96 Å². The first-order valence-electron chi connectivity index (χ1n) is 9.34. The number of methoxy groups -OCH3 is 1. The van der Waals surface area contributed by atoms with Crippen molar-refractivity contribution in [1.82, 2.24) is 15.5 Å². The minimum Gasteiger partial charge on any atom is -0.385 e. The van der Waals surface area contributed by atoms with Crippen LogP contribution < -0.4 is 10.6 Å². The molecule has 1 aliphatic heterocycles. The summed E-state index contributed by atoms with van der Waals surface area (Å²) in [7, 11) is 3.64. The van der Waals surface area contributed by atoms with Gasteiger partial charge in [0.2, 0.25) is 0 Å². The Morgan fingerprint density at radius 1 is 1.21 bits per heavy atom. The fourth-order valence-corrected chi connectivity index (χ4v) is 3.01. The largest absolute Gasteiger partial charge is 0.385 e. The van der Waals surface area contributed by atoms with Crippen molar-refractivity contribution in [3.05, 3.63) is 0 Å². The Morgan fingerprint density at radius 2 is 1.92 bits per heavy atom. The highest BCUT2D eigenvalue weighted by atomic mass is 127. The number of nitrogens with zero attached hydrogens (tertiary/aromatic N) is 2. The van der Waals surface area contributed by atoms with Gasteiger partial charge in [0.25, 0.3) is 0 Å². The molecule has 0 bridgehead atoms. The quantitative estimate of drug-likeness (QED) is 0.231. The topological polar surface area (TPSA) is 48.9 Å². The van der Waals surface area contributed by atoms with Gasteiger partial charge in [-0.2, -0.15) is 0 Å². The first kappa shape index (κ1) is 23.9. The molecule has 0 aliphatic carbocycles. The number of likely N-dealkylation sites (tertiary alicyclic amines) is 1. The minimum absolute atomic E-state index is 0. The van der Waals surface area contributed by atoms with Crippen LogP contribution in [0.2, 0.25) is 0 Å². The second-order valence-electron chi connectivity index (χ2n) is 7.00. The summed E-state index contributed by atoms with van der Waals surface area (Å²) < 4.78 is 5.13. The predicted molar refractivity (Wildman–Crippen MR) is 115 cm³/mol. The summed E-state index contributed by atoms with van der Waals surface area (Å²) in [6.07, 6.45) is 7.35. The lowest BCUT2D eigenvalue weighted by atomic mass is 10.1. The number of aliphatic imine (C=N–C) groups is 1. The Bertz CT molecular complexity index is 318. The fourth-order valence-electron chi connectivity index (χ4n) is 3.01. The first-order valence-corrected chi connectivity index (χ1v) is 9.34. The SMILES string of the molecule is CN=C(NCCCCC(C)C)NC1CCN(CCCOC)CC1.I. The van der Waals surface area contributed by atoms with Crippen molar-refractivity contribution in [2.75, 3.05) is 46.9 Å². The van der Waals surface area contributed by atoms with E-state index in [4.69, 9.17) is 4.74 Å². The van der Waals surface area contributed by atoms with Crippen molar-refractivity contribution in [2.24, 2.45) is 10.9 Å². The average molecular weight is 454 g/mol. The van der Waals surface area contributed by atoms with Crippen LogP contribution in [0.5, 0.6) is 0 Å². The van der Waals surface area contributed by atoms with Gasteiger partial charge in [0, 0.05) is 53.0 Å². The van der Waals surface area contributed by atoms with Crippen molar-refractivity contribution >= 4 is 29.9 Å². The lowest BCUT2D eigenvalue weighted by molar-refractivity contribution is 0.155. The second kappa shape index (κ2) is 15.2. The van der Waals surface area contributed by atoms with E-state index in [1.165, 1.54) is 45.2 Å². The number of ether oxygens (including phenoxy) is 1. The molecular weight excluding hydrogens is 415 g/mol. The van der Waals surface area contributed by atoms with Crippen LogP contribution >= 0.6 is 24.0 Å². The van der Waals surface area contributed by atoms with Crippen LogP contribution in [0, 0.1) is 5.92 Å². The number of rotatable bonds is 10. The highest BCUT2D eigenvalue weighted by molar-refractivity contribution is 14.0. The Kier molecular flexibility index (Phi) is 15.1. The van der Waals surface area contributed by atoms with Gasteiger partial charge in [-0.05, 0) is 31.6 Å². The van der Waals surface area contributed by atoms with E-state index >= 15 is 0 Å². The van der Waals surface area contributed by atoms with E-state index in [9.17, 15) is 0 Å². The summed E-state index contributed by atoms with van der Waals surface area (Å²) in [6.45, 7) is 9.96. The number of hydrogen-bond acceptors (Lipinski definition) is 3. The summed E-state index contributed by atoms with van der Waals surface area (Å²) in [5.74, 6) is 1.77. The highest BCUT2D eigenvalue weighted by Crippen LogP contribution is 2.10. The van der Waals surface area contributed by atoms with E-state index in [2.05, 4.69) is 34.4 Å². The zero-order valence-corrected chi connectivity index (χ0v) is 18.5. The maximum atomic E-state index is 5.13. The van der Waals surface area contributed by atoms with E-state index in [0.717, 1.165) is 38.0 Å². The van der Waals surface area contributed by atoms with Gasteiger partial charge in [-0.1, -0.05) is 26.7 Å². The maximum absolute atomic E-state index is 5.13. The van der Waals surface area contributed by atoms with Crippen LogP contribution in [0.15, 0.2) is 4.99 Å². The van der Waals surface area contributed by atoms with Gasteiger partial charge in [0.1, 0.15) is 0 Å². The number of unbranched alkanes of at least 4 members (excludes halogenated alkanes) is 1. The molecule has 1 saturated heterocycles. The molecule has 1 rings (SSSR count). The number of piperidine rings is 1. The zero-order chi connectivity index (χ0) is 16.9. The molecule has 0 unspecified atom stereocenters. The molecule has 6 heteroatoms. The number of halogens is 1. The molecule has 0 aromatic carbocycles. The molecule has 0 aromatic rings. The summed E-state index contributed by atoms with van der Waals surface area (Å²) >= 11 is 0. The van der Waals surface area contributed by atoms with Gasteiger partial charge in [-0.25, -0.2) is 0 Å². The molecule has 0 aromatic heterocycles. The summed E-state index contributed by atoms with van der Waals surface area (Å²) in [4.78, 5) is 6.90. The third-order valence-electron chi connectivity index (χ3n) is 4.48. The van der Waals surface area contributed by atoms with Gasteiger partial charge < -0.3 is 20.3 Å². The molecule has 1 aliphatic rings. The third kappa shape index (κ3) is 11.5. The van der Waals surface area contributed by atoms with E-state index in [1.54, 1.807) is 7.11 Å². The van der Waals surface area contributed by atoms with Crippen LogP contribution in [-0.2, 0) is 4.74 Å². The van der Waals surface area contributed by atoms with Crippen LogP contribution in [0.25, 0.3) is 0 Å². The molecular formula is C18H39IN4O. The molecule has 0 atom stereocenters. The van der Waals surface area contributed by atoms with Gasteiger partial charge in [-0.15, -0.1) is 24.0 Å². The first-order chi connectivity index (χ1) is 11.2. The van der Waals surface area contributed by atoms with E-state index < -0.39 is 0 Å². The second-order valence-corrected chi connectivity index (χ2v) is 7.00. The molecule has 144 valence electrons. The lowest BCUT2D eigenvalue weighted by Crippen LogP contribution is -2.49. The highest BCUT2D eigenvalue weighted by Gasteiger charge is 2.19. The summed E-state index contributed by atoms with van der Waals surface area (Å²) in [6, 6.07) is 0.551. The molecule has 1 fully saturated rings. The Hall–Kier alpha value is -0.0800. The predicted octanol–water partition coefficient (Wildman–Crippen LogP) is 3.10. The van der Waals surface area contributed by atoms with E-state index in [0.29, 0.717) is 6.04 Å². The van der Waals surface area contributed by atoms with Crippen LogP contribution in [0.3, 0.4) is 0 Å². The molecule has 0 saturated carbocycles. The zero-order valence-electron chi connectivity index (χ0n) is 16.1. The Balaban J connectivity index is 0.00000529. The molecule has 24 heavy (non-hydrogen) atoms. The molecule has 1 heterocycles. The fraction of sp³-hybridized carbons (Fsp3) is 0.944. The Morgan fingerprint density at radius 3 is 2.50 bits per heavy atom. The van der Waals surface area contributed by atoms with Crippen molar-refractivity contribution in [3.8, 4) is 0 Å². The number of guanidine groups is 1. The van der Waals surface area contributed by atoms with Crippen molar-refractivity contribution in [3.63, 3.8) is 0 Å². The van der Waals surface area contributed by atoms with Crippen molar-refractivity contribution in [1.29, 1.82) is 0 Å². The molecule has 0 spiro atoms. The van der Waals surface area contributed by atoms with Gasteiger partial charge in [-0.3, -0.25) is 4.99 Å². The maximum Gasteiger partial charge on any atom is 0.191 e. The average Bonchev–Trinajstić information content (AvgIpc) is 2.55. The molecule has 0 amide bonds. The Labute approximate surface area is 166 Å². The van der Waals surface area contributed by atoms with Crippen LogP contribution in [0.1, 0.15) is 52.4 Å². The van der Waals surface area contributed by atoms with Crippen LogP contribution in [-0.4, -0.2) is 63.8 Å². The van der Waals surface area contributed by atoms with Gasteiger partial charge in [0.05, 0.1) is 0 Å². The lowest BCUT2D eigenvalue weighted by Gasteiger charge is -2.33. The summed E-state index contributed by atoms with van der Waals surface area (Å²) in [5.41, 5.74) is 0. The monoisotopic (exact) mass is 454 g/mol. The molecule has 0 radical (unpaired) electrons. The van der Waals surface area contributed by atoms with Crippen molar-refractivity contribution < 1.29 is 4.74 Å².